The first-order valence-corrected chi connectivity index (χ1v) is 8.11. The lowest BCUT2D eigenvalue weighted by Gasteiger charge is -2.27. The molecule has 6 nitrogen and oxygen atoms in total. The molecule has 24 heavy (non-hydrogen) atoms. The molecule has 1 fully saturated rings. The molecule has 1 unspecified atom stereocenters. The largest absolute Gasteiger partial charge is 0.378 e. The molecule has 3 rings (SSSR count). The van der Waals surface area contributed by atoms with Crippen molar-refractivity contribution in [3.63, 3.8) is 0 Å². The second-order valence-electron chi connectivity index (χ2n) is 5.77. The minimum absolute atomic E-state index is 0.118. The molecule has 1 aromatic heterocycles. The number of carbonyl (C=O) groups is 1. The fraction of sp³-hybridized carbons (Fsp3) is 0.333. The Morgan fingerprint density at radius 1 is 1.21 bits per heavy atom. The van der Waals surface area contributed by atoms with Crippen molar-refractivity contribution < 1.29 is 9.53 Å². The number of benzene rings is 1. The van der Waals surface area contributed by atoms with E-state index in [1.807, 2.05) is 42.5 Å². The first kappa shape index (κ1) is 16.4. The zero-order valence-electron chi connectivity index (χ0n) is 13.5. The average molecular weight is 326 g/mol. The number of ether oxygens (including phenoxy) is 1. The molecular weight excluding hydrogens is 304 g/mol. The van der Waals surface area contributed by atoms with Crippen molar-refractivity contribution in [1.29, 1.82) is 0 Å². The van der Waals surface area contributed by atoms with Gasteiger partial charge in [-0.15, -0.1) is 0 Å². The Balaban J connectivity index is 1.54. The van der Waals surface area contributed by atoms with Gasteiger partial charge in [0.05, 0.1) is 25.1 Å². The molecule has 126 valence electrons. The van der Waals surface area contributed by atoms with Gasteiger partial charge in [-0.3, -0.25) is 4.79 Å². The summed E-state index contributed by atoms with van der Waals surface area (Å²) in [6.45, 7) is 3.12. The molecule has 2 aromatic rings. The molecule has 0 spiro atoms. The van der Waals surface area contributed by atoms with Gasteiger partial charge in [0.1, 0.15) is 5.82 Å². The number of aromatic nitrogens is 1. The highest BCUT2D eigenvalue weighted by Gasteiger charge is 2.14. The summed E-state index contributed by atoms with van der Waals surface area (Å²) in [6.07, 6.45) is 1.91. The van der Waals surface area contributed by atoms with Crippen LogP contribution in [0.3, 0.4) is 0 Å². The Bertz CT molecular complexity index is 654. The molecule has 1 atom stereocenters. The highest BCUT2D eigenvalue weighted by Crippen LogP contribution is 2.17. The van der Waals surface area contributed by atoms with E-state index < -0.39 is 0 Å². The van der Waals surface area contributed by atoms with Crippen molar-refractivity contribution in [2.45, 2.75) is 12.5 Å². The van der Waals surface area contributed by atoms with Crippen molar-refractivity contribution in [1.82, 2.24) is 4.98 Å². The zero-order chi connectivity index (χ0) is 16.8. The maximum absolute atomic E-state index is 12.1. The van der Waals surface area contributed by atoms with Crippen molar-refractivity contribution >= 4 is 17.4 Å². The van der Waals surface area contributed by atoms with E-state index in [9.17, 15) is 4.79 Å². The lowest BCUT2D eigenvalue weighted by atomic mass is 10.0. The van der Waals surface area contributed by atoms with E-state index in [-0.39, 0.29) is 18.4 Å². The van der Waals surface area contributed by atoms with Crippen LogP contribution >= 0.6 is 0 Å². The third-order valence-corrected chi connectivity index (χ3v) is 4.00. The molecule has 2 heterocycles. The Morgan fingerprint density at radius 3 is 2.62 bits per heavy atom. The van der Waals surface area contributed by atoms with E-state index in [0.717, 1.165) is 37.7 Å². The number of amides is 1. The summed E-state index contributed by atoms with van der Waals surface area (Å²) in [7, 11) is 0. The van der Waals surface area contributed by atoms with Crippen LogP contribution in [0.5, 0.6) is 0 Å². The fourth-order valence-corrected chi connectivity index (χ4v) is 2.67. The molecule has 1 amide bonds. The molecule has 6 heteroatoms. The van der Waals surface area contributed by atoms with E-state index in [1.54, 1.807) is 6.20 Å². The van der Waals surface area contributed by atoms with Crippen LogP contribution in [0.1, 0.15) is 18.0 Å². The number of nitrogens with zero attached hydrogens (tertiary/aromatic N) is 2. The van der Waals surface area contributed by atoms with Gasteiger partial charge in [0.15, 0.2) is 0 Å². The van der Waals surface area contributed by atoms with Crippen LogP contribution in [0.2, 0.25) is 0 Å². The molecule has 1 aromatic carbocycles. The summed E-state index contributed by atoms with van der Waals surface area (Å²) < 4.78 is 5.33. The SMILES string of the molecule is NC(CC(=O)Nc1ccc(N2CCOCC2)nc1)c1ccccc1. The van der Waals surface area contributed by atoms with Gasteiger partial charge < -0.3 is 20.7 Å². The molecule has 1 aliphatic rings. The van der Waals surface area contributed by atoms with Crippen molar-refractivity contribution in [2.24, 2.45) is 5.73 Å². The van der Waals surface area contributed by atoms with Crippen molar-refractivity contribution in [2.75, 3.05) is 36.5 Å². The first-order valence-electron chi connectivity index (χ1n) is 8.11. The Morgan fingerprint density at radius 2 is 1.96 bits per heavy atom. The van der Waals surface area contributed by atoms with Crippen LogP contribution in [-0.4, -0.2) is 37.2 Å². The van der Waals surface area contributed by atoms with Gasteiger partial charge in [-0.05, 0) is 17.7 Å². The van der Waals surface area contributed by atoms with Gasteiger partial charge in [-0.2, -0.15) is 0 Å². The molecule has 1 aliphatic heterocycles. The number of carbonyl (C=O) groups excluding carboxylic acids is 1. The third-order valence-electron chi connectivity index (χ3n) is 4.00. The standard InChI is InChI=1S/C18H22N4O2/c19-16(14-4-2-1-3-5-14)12-18(23)21-15-6-7-17(20-13-15)22-8-10-24-11-9-22/h1-7,13,16H,8-12,19H2,(H,21,23). The summed E-state index contributed by atoms with van der Waals surface area (Å²) in [6, 6.07) is 13.1. The zero-order valence-corrected chi connectivity index (χ0v) is 13.5. The Kier molecular flexibility index (Phi) is 5.40. The number of nitrogens with two attached hydrogens (primary N) is 1. The van der Waals surface area contributed by atoms with Crippen LogP contribution in [-0.2, 0) is 9.53 Å². The molecule has 0 saturated carbocycles. The minimum atomic E-state index is -0.313. The smallest absolute Gasteiger partial charge is 0.226 e. The van der Waals surface area contributed by atoms with Crippen molar-refractivity contribution in [3.8, 4) is 0 Å². The maximum Gasteiger partial charge on any atom is 0.226 e. The number of rotatable bonds is 5. The van der Waals surface area contributed by atoms with E-state index >= 15 is 0 Å². The third kappa shape index (κ3) is 4.31. The average Bonchev–Trinajstić information content (AvgIpc) is 2.64. The van der Waals surface area contributed by atoms with Crippen LogP contribution < -0.4 is 16.0 Å². The Hall–Kier alpha value is -2.44. The van der Waals surface area contributed by atoms with Gasteiger partial charge in [0.2, 0.25) is 5.91 Å². The normalized spacial score (nSPS) is 15.8. The topological polar surface area (TPSA) is 80.5 Å². The quantitative estimate of drug-likeness (QED) is 0.878. The molecule has 3 N–H and O–H groups in total. The highest BCUT2D eigenvalue weighted by atomic mass is 16.5. The van der Waals surface area contributed by atoms with Gasteiger partial charge in [-0.25, -0.2) is 4.98 Å². The highest BCUT2D eigenvalue weighted by molar-refractivity contribution is 5.91. The molecule has 1 saturated heterocycles. The van der Waals surface area contributed by atoms with Gasteiger partial charge in [0, 0.05) is 25.6 Å². The number of hydrogen-bond donors (Lipinski definition) is 2. The van der Waals surface area contributed by atoms with Crippen LogP contribution in [0.4, 0.5) is 11.5 Å². The molecule has 0 aliphatic carbocycles. The number of hydrogen-bond acceptors (Lipinski definition) is 5. The second kappa shape index (κ2) is 7.90. The summed E-state index contributed by atoms with van der Waals surface area (Å²) in [5.41, 5.74) is 7.71. The monoisotopic (exact) mass is 326 g/mol. The summed E-state index contributed by atoms with van der Waals surface area (Å²) in [5.74, 6) is 0.782. The van der Waals surface area contributed by atoms with Gasteiger partial charge in [-0.1, -0.05) is 30.3 Å². The summed E-state index contributed by atoms with van der Waals surface area (Å²) >= 11 is 0. The van der Waals surface area contributed by atoms with E-state index in [4.69, 9.17) is 10.5 Å². The maximum atomic E-state index is 12.1. The van der Waals surface area contributed by atoms with Gasteiger partial charge >= 0.3 is 0 Å². The van der Waals surface area contributed by atoms with Crippen LogP contribution in [0, 0.1) is 0 Å². The molecule has 0 radical (unpaired) electrons. The van der Waals surface area contributed by atoms with E-state index in [0.29, 0.717) is 5.69 Å². The van der Waals surface area contributed by atoms with Crippen LogP contribution in [0.15, 0.2) is 48.7 Å². The predicted octanol–water partition coefficient (Wildman–Crippen LogP) is 1.95. The lowest BCUT2D eigenvalue weighted by molar-refractivity contribution is -0.116. The lowest BCUT2D eigenvalue weighted by Crippen LogP contribution is -2.36. The molecule has 0 bridgehead atoms. The van der Waals surface area contributed by atoms with E-state index in [2.05, 4.69) is 15.2 Å². The molecular formula is C18H22N4O2. The second-order valence-corrected chi connectivity index (χ2v) is 5.77. The van der Waals surface area contributed by atoms with E-state index in [1.165, 1.54) is 0 Å². The van der Waals surface area contributed by atoms with Gasteiger partial charge in [0.25, 0.3) is 0 Å². The predicted molar refractivity (Wildman–Crippen MR) is 93.9 cm³/mol. The fourth-order valence-electron chi connectivity index (χ4n) is 2.67. The number of anilines is 2. The first-order chi connectivity index (χ1) is 11.7. The Labute approximate surface area is 141 Å². The summed E-state index contributed by atoms with van der Waals surface area (Å²) in [4.78, 5) is 18.7. The van der Waals surface area contributed by atoms with Crippen LogP contribution in [0.25, 0.3) is 0 Å². The van der Waals surface area contributed by atoms with Crippen molar-refractivity contribution in [3.05, 3.63) is 54.2 Å². The number of pyridine rings is 1. The minimum Gasteiger partial charge on any atom is -0.378 e. The summed E-state index contributed by atoms with van der Waals surface area (Å²) in [5, 5.41) is 2.85. The number of nitrogens with one attached hydrogen (secondary N) is 1. The number of morpholine rings is 1.